The Balaban J connectivity index is 1.92. The molecule has 0 saturated carbocycles. The van der Waals surface area contributed by atoms with Gasteiger partial charge in [0.2, 0.25) is 0 Å². The van der Waals surface area contributed by atoms with E-state index in [2.05, 4.69) is 19.2 Å². The zero-order valence-corrected chi connectivity index (χ0v) is 25.5. The van der Waals surface area contributed by atoms with E-state index in [1.54, 1.807) is 59.1 Å². The number of aryl methyl sites for hydroxylation is 2. The van der Waals surface area contributed by atoms with Gasteiger partial charge < -0.3 is 9.47 Å². The Bertz CT molecular complexity index is 1430. The average Bonchev–Trinajstić information content (AvgIpc) is 3.28. The molecule has 0 spiro atoms. The van der Waals surface area contributed by atoms with Gasteiger partial charge in [0, 0.05) is 24.1 Å². The van der Waals surface area contributed by atoms with Gasteiger partial charge in [-0.15, -0.1) is 11.3 Å². The summed E-state index contributed by atoms with van der Waals surface area (Å²) in [6, 6.07) is 3.76. The van der Waals surface area contributed by atoms with Crippen molar-refractivity contribution in [1.29, 1.82) is 0 Å². The summed E-state index contributed by atoms with van der Waals surface area (Å²) < 4.78 is 12.2. The van der Waals surface area contributed by atoms with E-state index >= 15 is 0 Å². The molecule has 0 N–H and O–H groups in total. The third kappa shape index (κ3) is 9.32. The standard InChI is InChI=1S/C29H37N3O5S2/c1-18(2)21-16-38-23(30-21)11-9-19-13-14-32-22(15-19)31-26(39-17-25(34)37-29(6,7)8)20(27(32)35)10-12-24(33)36-28(3,4)5/h10,12-16,18H,9,11,17H2,1-8H3/b12-10+. The SMILES string of the molecule is CC(C)c1csc(CCc2ccn3c(=O)c(/C=C/C(=O)OC(C)(C)C)c(SCC(=O)OC(C)(C)C)nc3c2)n1. The average molecular weight is 572 g/mol. The number of ether oxygens (including phenoxy) is 2. The maximum Gasteiger partial charge on any atom is 0.331 e. The number of thiazole rings is 1. The van der Waals surface area contributed by atoms with Crippen LogP contribution in [-0.4, -0.2) is 43.3 Å². The molecule has 0 aliphatic rings. The number of pyridine rings is 1. The highest BCUT2D eigenvalue weighted by molar-refractivity contribution is 7.99. The topological polar surface area (TPSA) is 99.9 Å². The fraction of sp³-hybridized carbons (Fsp3) is 0.483. The van der Waals surface area contributed by atoms with Crippen LogP contribution in [0.25, 0.3) is 11.7 Å². The molecule has 3 aromatic rings. The number of fused-ring (bicyclic) bond motifs is 1. The lowest BCUT2D eigenvalue weighted by Gasteiger charge is -2.19. The van der Waals surface area contributed by atoms with Gasteiger partial charge in [-0.25, -0.2) is 14.8 Å². The normalized spacial score (nSPS) is 12.4. The second-order valence-electron chi connectivity index (χ2n) is 11.5. The fourth-order valence-electron chi connectivity index (χ4n) is 3.52. The van der Waals surface area contributed by atoms with Crippen LogP contribution < -0.4 is 5.56 Å². The molecule has 3 rings (SSSR count). The zero-order valence-electron chi connectivity index (χ0n) is 23.9. The van der Waals surface area contributed by atoms with E-state index in [9.17, 15) is 14.4 Å². The first-order valence-electron chi connectivity index (χ1n) is 12.9. The summed E-state index contributed by atoms with van der Waals surface area (Å²) in [5, 5.41) is 3.51. The molecule has 39 heavy (non-hydrogen) atoms. The fourth-order valence-corrected chi connectivity index (χ4v) is 5.27. The van der Waals surface area contributed by atoms with Gasteiger partial charge in [0.15, 0.2) is 0 Å². The van der Waals surface area contributed by atoms with Crippen LogP contribution >= 0.6 is 23.1 Å². The first kappa shape index (κ1) is 30.6. The number of carbonyl (C=O) groups excluding carboxylic acids is 2. The van der Waals surface area contributed by atoms with E-state index in [1.807, 2.05) is 12.1 Å². The molecule has 3 aromatic heterocycles. The van der Waals surface area contributed by atoms with E-state index in [0.29, 0.717) is 16.6 Å². The van der Waals surface area contributed by atoms with E-state index < -0.39 is 23.1 Å². The van der Waals surface area contributed by atoms with Crippen LogP contribution in [0, 0.1) is 0 Å². The lowest BCUT2D eigenvalue weighted by molar-refractivity contribution is -0.151. The van der Waals surface area contributed by atoms with E-state index in [1.165, 1.54) is 16.6 Å². The summed E-state index contributed by atoms with van der Waals surface area (Å²) in [6.07, 6.45) is 5.83. The van der Waals surface area contributed by atoms with Gasteiger partial charge in [-0.05, 0) is 77.7 Å². The van der Waals surface area contributed by atoms with E-state index in [-0.39, 0.29) is 16.9 Å². The predicted octanol–water partition coefficient (Wildman–Crippen LogP) is 5.85. The maximum absolute atomic E-state index is 13.5. The lowest BCUT2D eigenvalue weighted by atomic mass is 10.1. The largest absolute Gasteiger partial charge is 0.459 e. The van der Waals surface area contributed by atoms with Crippen molar-refractivity contribution < 1.29 is 19.1 Å². The molecule has 0 atom stereocenters. The maximum atomic E-state index is 13.5. The number of hydrogen-bond donors (Lipinski definition) is 0. The predicted molar refractivity (Wildman–Crippen MR) is 157 cm³/mol. The van der Waals surface area contributed by atoms with Crippen LogP contribution in [-0.2, 0) is 31.9 Å². The highest BCUT2D eigenvalue weighted by Gasteiger charge is 2.20. The minimum absolute atomic E-state index is 0.0327. The smallest absolute Gasteiger partial charge is 0.331 e. The van der Waals surface area contributed by atoms with Gasteiger partial charge in [0.05, 0.1) is 22.0 Å². The Morgan fingerprint density at radius 1 is 1.08 bits per heavy atom. The van der Waals surface area contributed by atoms with Crippen LogP contribution in [0.3, 0.4) is 0 Å². The Kier molecular flexibility index (Phi) is 9.77. The van der Waals surface area contributed by atoms with Gasteiger partial charge in [0.25, 0.3) is 5.56 Å². The Hall–Kier alpha value is -2.98. The quantitative estimate of drug-likeness (QED) is 0.137. The molecule has 0 amide bonds. The molecule has 0 bridgehead atoms. The van der Waals surface area contributed by atoms with Crippen molar-refractivity contribution in [1.82, 2.24) is 14.4 Å². The highest BCUT2D eigenvalue weighted by atomic mass is 32.2. The zero-order chi connectivity index (χ0) is 29.0. The molecule has 0 aliphatic heterocycles. The molecular weight excluding hydrogens is 534 g/mol. The number of carbonyl (C=O) groups is 2. The second-order valence-corrected chi connectivity index (χ2v) is 13.4. The van der Waals surface area contributed by atoms with Crippen LogP contribution in [0.1, 0.15) is 83.1 Å². The lowest BCUT2D eigenvalue weighted by Crippen LogP contribution is -2.25. The van der Waals surface area contributed by atoms with Crippen molar-refractivity contribution in [3.8, 4) is 0 Å². The number of esters is 2. The van der Waals surface area contributed by atoms with Gasteiger partial charge in [-0.1, -0.05) is 25.6 Å². The first-order chi connectivity index (χ1) is 18.1. The monoisotopic (exact) mass is 571 g/mol. The molecule has 0 unspecified atom stereocenters. The Morgan fingerprint density at radius 3 is 2.38 bits per heavy atom. The van der Waals surface area contributed by atoms with Crippen molar-refractivity contribution in [3.63, 3.8) is 0 Å². The van der Waals surface area contributed by atoms with Gasteiger partial charge in [-0.3, -0.25) is 14.0 Å². The van der Waals surface area contributed by atoms with Crippen LogP contribution in [0.15, 0.2) is 39.6 Å². The number of aromatic nitrogens is 3. The Morgan fingerprint density at radius 2 is 1.77 bits per heavy atom. The van der Waals surface area contributed by atoms with Gasteiger partial charge in [-0.2, -0.15) is 0 Å². The molecular formula is C29H37N3O5S2. The second kappa shape index (κ2) is 12.5. The molecule has 0 aromatic carbocycles. The van der Waals surface area contributed by atoms with Crippen molar-refractivity contribution in [3.05, 3.63) is 62.0 Å². The number of rotatable bonds is 9. The molecule has 0 saturated heterocycles. The van der Waals surface area contributed by atoms with Crippen LogP contribution in [0.4, 0.5) is 0 Å². The van der Waals surface area contributed by atoms with Gasteiger partial charge in [0.1, 0.15) is 21.9 Å². The minimum Gasteiger partial charge on any atom is -0.459 e. The van der Waals surface area contributed by atoms with Crippen LogP contribution in [0.5, 0.6) is 0 Å². The minimum atomic E-state index is -0.669. The molecule has 3 heterocycles. The molecule has 210 valence electrons. The van der Waals surface area contributed by atoms with Crippen molar-refractivity contribution in [2.45, 2.75) is 90.4 Å². The molecule has 8 nitrogen and oxygen atoms in total. The Labute approximate surface area is 237 Å². The molecule has 0 fully saturated rings. The summed E-state index contributed by atoms with van der Waals surface area (Å²) >= 11 is 2.76. The molecule has 0 radical (unpaired) electrons. The van der Waals surface area contributed by atoms with Crippen LogP contribution in [0.2, 0.25) is 0 Å². The van der Waals surface area contributed by atoms with Crippen molar-refractivity contribution in [2.24, 2.45) is 0 Å². The summed E-state index contributed by atoms with van der Waals surface area (Å²) in [4.78, 5) is 47.5. The summed E-state index contributed by atoms with van der Waals surface area (Å²) in [6.45, 7) is 14.9. The number of nitrogens with zero attached hydrogens (tertiary/aromatic N) is 3. The number of hydrogen-bond acceptors (Lipinski definition) is 9. The van der Waals surface area contributed by atoms with E-state index in [4.69, 9.17) is 19.4 Å². The third-order valence-electron chi connectivity index (χ3n) is 5.22. The van der Waals surface area contributed by atoms with Gasteiger partial charge >= 0.3 is 11.9 Å². The van der Waals surface area contributed by atoms with Crippen molar-refractivity contribution >= 4 is 46.8 Å². The van der Waals surface area contributed by atoms with Crippen molar-refractivity contribution in [2.75, 3.05) is 5.75 Å². The summed E-state index contributed by atoms with van der Waals surface area (Å²) in [5.74, 6) is -0.639. The molecule has 0 aliphatic carbocycles. The summed E-state index contributed by atoms with van der Waals surface area (Å²) in [5.41, 5.74) is 1.13. The third-order valence-corrected chi connectivity index (χ3v) is 7.11. The number of thioether (sulfide) groups is 1. The summed E-state index contributed by atoms with van der Waals surface area (Å²) in [7, 11) is 0. The van der Waals surface area contributed by atoms with E-state index in [0.717, 1.165) is 40.9 Å². The molecule has 10 heteroatoms. The first-order valence-corrected chi connectivity index (χ1v) is 14.7. The highest BCUT2D eigenvalue weighted by Crippen LogP contribution is 2.23.